The molecule has 2 aliphatic rings. The molecule has 1 aromatic rings. The van der Waals surface area contributed by atoms with Gasteiger partial charge in [-0.15, -0.1) is 0 Å². The summed E-state index contributed by atoms with van der Waals surface area (Å²) in [5, 5.41) is 13.2. The van der Waals surface area contributed by atoms with Crippen molar-refractivity contribution in [1.29, 1.82) is 0 Å². The van der Waals surface area contributed by atoms with Crippen LogP contribution in [0.1, 0.15) is 24.3 Å². The third-order valence-electron chi connectivity index (χ3n) is 4.50. The summed E-state index contributed by atoms with van der Waals surface area (Å²) in [6.07, 6.45) is 2.47. The van der Waals surface area contributed by atoms with Crippen molar-refractivity contribution in [1.82, 2.24) is 10.2 Å². The van der Waals surface area contributed by atoms with Crippen LogP contribution in [0.2, 0.25) is 0 Å². The van der Waals surface area contributed by atoms with E-state index in [1.54, 1.807) is 0 Å². The molecule has 0 aliphatic carbocycles. The SMILES string of the molecule is OC[C@@H]1[C@H](c2ccc(Br)cc2)[C@@H]2CNCCCCN12. The molecular weight excluding hydrogens is 304 g/mol. The molecule has 3 rings (SSSR count). The molecule has 0 amide bonds. The van der Waals surface area contributed by atoms with E-state index < -0.39 is 0 Å². The monoisotopic (exact) mass is 324 g/mol. The summed E-state index contributed by atoms with van der Waals surface area (Å²) >= 11 is 3.49. The molecule has 19 heavy (non-hydrogen) atoms. The second kappa shape index (κ2) is 5.92. The number of aliphatic hydroxyl groups excluding tert-OH is 1. The second-order valence-corrected chi connectivity index (χ2v) is 6.46. The lowest BCUT2D eigenvalue weighted by Crippen LogP contribution is -2.67. The summed E-state index contributed by atoms with van der Waals surface area (Å²) in [5.41, 5.74) is 1.35. The summed E-state index contributed by atoms with van der Waals surface area (Å²) in [5.74, 6) is 0.462. The quantitative estimate of drug-likeness (QED) is 0.873. The fourth-order valence-electron chi connectivity index (χ4n) is 3.53. The predicted molar refractivity (Wildman–Crippen MR) is 80.4 cm³/mol. The van der Waals surface area contributed by atoms with Crippen molar-refractivity contribution < 1.29 is 5.11 Å². The van der Waals surface area contributed by atoms with Crippen LogP contribution in [0, 0.1) is 0 Å². The first-order valence-electron chi connectivity index (χ1n) is 7.14. The molecule has 0 bridgehead atoms. The van der Waals surface area contributed by atoms with Crippen molar-refractivity contribution in [3.05, 3.63) is 34.3 Å². The number of rotatable bonds is 2. The number of nitrogens with one attached hydrogen (secondary N) is 1. The molecule has 2 aliphatic heterocycles. The van der Waals surface area contributed by atoms with E-state index in [2.05, 4.69) is 50.4 Å². The number of hydrogen-bond donors (Lipinski definition) is 2. The van der Waals surface area contributed by atoms with Gasteiger partial charge in [0.05, 0.1) is 6.61 Å². The molecule has 0 saturated carbocycles. The molecule has 0 radical (unpaired) electrons. The molecular formula is C15H21BrN2O. The second-order valence-electron chi connectivity index (χ2n) is 5.54. The van der Waals surface area contributed by atoms with Gasteiger partial charge in [0.15, 0.2) is 0 Å². The molecule has 3 atom stereocenters. The highest BCUT2D eigenvalue weighted by Crippen LogP contribution is 2.41. The summed E-state index contributed by atoms with van der Waals surface area (Å²) in [7, 11) is 0. The van der Waals surface area contributed by atoms with E-state index in [4.69, 9.17) is 0 Å². The molecule has 4 heteroatoms. The number of benzene rings is 1. The maximum Gasteiger partial charge on any atom is 0.0593 e. The Labute approximate surface area is 123 Å². The first-order chi connectivity index (χ1) is 9.31. The van der Waals surface area contributed by atoms with E-state index in [9.17, 15) is 5.11 Å². The van der Waals surface area contributed by atoms with E-state index in [0.717, 1.165) is 24.1 Å². The van der Waals surface area contributed by atoms with Crippen LogP contribution in [-0.2, 0) is 0 Å². The molecule has 2 fully saturated rings. The number of halogens is 1. The van der Waals surface area contributed by atoms with Crippen molar-refractivity contribution in [3.63, 3.8) is 0 Å². The van der Waals surface area contributed by atoms with Gasteiger partial charge in [-0.3, -0.25) is 4.90 Å². The van der Waals surface area contributed by atoms with Gasteiger partial charge in [0.1, 0.15) is 0 Å². The number of hydrogen-bond acceptors (Lipinski definition) is 3. The Morgan fingerprint density at radius 2 is 2.05 bits per heavy atom. The molecule has 2 N–H and O–H groups in total. The Morgan fingerprint density at radius 1 is 1.26 bits per heavy atom. The minimum atomic E-state index is 0.261. The van der Waals surface area contributed by atoms with Crippen molar-refractivity contribution in [2.24, 2.45) is 0 Å². The zero-order valence-electron chi connectivity index (χ0n) is 11.1. The predicted octanol–water partition coefficient (Wildman–Crippen LogP) is 1.96. The molecule has 1 aromatic carbocycles. The van der Waals surface area contributed by atoms with Crippen LogP contribution in [0.4, 0.5) is 0 Å². The fraction of sp³-hybridized carbons (Fsp3) is 0.600. The number of nitrogens with zero attached hydrogens (tertiary/aromatic N) is 1. The molecule has 0 aromatic heterocycles. The molecule has 0 unspecified atom stereocenters. The molecule has 2 heterocycles. The van der Waals surface area contributed by atoms with Gasteiger partial charge in [-0.25, -0.2) is 0 Å². The lowest BCUT2D eigenvalue weighted by Gasteiger charge is -2.56. The average Bonchev–Trinajstić information content (AvgIpc) is 2.39. The van der Waals surface area contributed by atoms with Gasteiger partial charge in [0.2, 0.25) is 0 Å². The van der Waals surface area contributed by atoms with Gasteiger partial charge in [-0.1, -0.05) is 28.1 Å². The van der Waals surface area contributed by atoms with Crippen LogP contribution in [0.15, 0.2) is 28.7 Å². The van der Waals surface area contributed by atoms with Crippen molar-refractivity contribution in [2.45, 2.75) is 30.8 Å². The smallest absolute Gasteiger partial charge is 0.0593 e. The van der Waals surface area contributed by atoms with Crippen LogP contribution in [-0.4, -0.2) is 48.3 Å². The van der Waals surface area contributed by atoms with Crippen molar-refractivity contribution in [2.75, 3.05) is 26.2 Å². The van der Waals surface area contributed by atoms with E-state index in [-0.39, 0.29) is 6.61 Å². The minimum absolute atomic E-state index is 0.261. The topological polar surface area (TPSA) is 35.5 Å². The molecule has 104 valence electrons. The highest BCUT2D eigenvalue weighted by Gasteiger charge is 2.47. The van der Waals surface area contributed by atoms with Crippen LogP contribution in [0.5, 0.6) is 0 Å². The maximum absolute atomic E-state index is 9.70. The Kier molecular flexibility index (Phi) is 4.22. The molecule has 3 nitrogen and oxygen atoms in total. The summed E-state index contributed by atoms with van der Waals surface area (Å²) in [4.78, 5) is 2.48. The van der Waals surface area contributed by atoms with Crippen LogP contribution in [0.3, 0.4) is 0 Å². The average molecular weight is 325 g/mol. The Morgan fingerprint density at radius 3 is 2.79 bits per heavy atom. The van der Waals surface area contributed by atoms with E-state index in [0.29, 0.717) is 18.0 Å². The van der Waals surface area contributed by atoms with Gasteiger partial charge in [0.25, 0.3) is 0 Å². The fourth-order valence-corrected chi connectivity index (χ4v) is 3.80. The van der Waals surface area contributed by atoms with Gasteiger partial charge < -0.3 is 10.4 Å². The Balaban J connectivity index is 1.81. The molecule has 2 saturated heterocycles. The number of aliphatic hydroxyl groups is 1. The van der Waals surface area contributed by atoms with Gasteiger partial charge in [-0.2, -0.15) is 0 Å². The van der Waals surface area contributed by atoms with Crippen LogP contribution < -0.4 is 5.32 Å². The summed E-state index contributed by atoms with van der Waals surface area (Å²) in [6, 6.07) is 9.41. The standard InChI is InChI=1S/C15H21BrN2O/c16-12-5-3-11(4-6-12)15-13-9-17-7-1-2-8-18(13)14(15)10-19/h3-6,13-15,17,19H,1-2,7-10H2/t13-,14+,15+/m0/s1. The third-order valence-corrected chi connectivity index (χ3v) is 5.03. The lowest BCUT2D eigenvalue weighted by molar-refractivity contribution is -0.0464. The van der Waals surface area contributed by atoms with Gasteiger partial charge in [0, 0.05) is 29.0 Å². The summed E-state index contributed by atoms with van der Waals surface area (Å²) < 4.78 is 1.11. The highest BCUT2D eigenvalue weighted by molar-refractivity contribution is 9.10. The Bertz CT molecular complexity index is 423. The van der Waals surface area contributed by atoms with E-state index in [1.165, 1.54) is 18.4 Å². The minimum Gasteiger partial charge on any atom is -0.395 e. The van der Waals surface area contributed by atoms with Crippen LogP contribution in [0.25, 0.3) is 0 Å². The highest BCUT2D eigenvalue weighted by atomic mass is 79.9. The lowest BCUT2D eigenvalue weighted by atomic mass is 9.74. The largest absolute Gasteiger partial charge is 0.395 e. The third kappa shape index (κ3) is 2.59. The first kappa shape index (κ1) is 13.6. The van der Waals surface area contributed by atoms with E-state index in [1.807, 2.05) is 0 Å². The van der Waals surface area contributed by atoms with Crippen molar-refractivity contribution in [3.8, 4) is 0 Å². The van der Waals surface area contributed by atoms with Crippen molar-refractivity contribution >= 4 is 15.9 Å². The zero-order chi connectivity index (χ0) is 13.2. The zero-order valence-corrected chi connectivity index (χ0v) is 12.6. The summed E-state index contributed by atoms with van der Waals surface area (Å²) in [6.45, 7) is 3.56. The molecule has 0 spiro atoms. The maximum atomic E-state index is 9.70. The first-order valence-corrected chi connectivity index (χ1v) is 7.93. The number of fused-ring (bicyclic) bond motifs is 1. The van der Waals surface area contributed by atoms with E-state index >= 15 is 0 Å². The van der Waals surface area contributed by atoms with Gasteiger partial charge >= 0.3 is 0 Å². The van der Waals surface area contributed by atoms with Gasteiger partial charge in [-0.05, 0) is 43.6 Å². The van der Waals surface area contributed by atoms with Crippen LogP contribution >= 0.6 is 15.9 Å². The normalized spacial score (nSPS) is 32.0. The Hall–Kier alpha value is -0.420.